The number of benzene rings is 1. The fraction of sp³-hybridized carbons (Fsp3) is 0.211. The number of pyridine rings is 1. The van der Waals surface area contributed by atoms with Gasteiger partial charge in [-0.15, -0.1) is 11.8 Å². The molecule has 0 spiro atoms. The highest BCUT2D eigenvalue weighted by atomic mass is 32.2. The summed E-state index contributed by atoms with van der Waals surface area (Å²) < 4.78 is 44.4. The number of amides is 1. The Labute approximate surface area is 168 Å². The molecule has 6 nitrogen and oxygen atoms in total. The molecule has 3 rings (SSSR count). The summed E-state index contributed by atoms with van der Waals surface area (Å²) in [6.07, 6.45) is -3.00. The zero-order valence-electron chi connectivity index (χ0n) is 15.5. The lowest BCUT2D eigenvalue weighted by atomic mass is 10.2. The van der Waals surface area contributed by atoms with Gasteiger partial charge in [0.15, 0.2) is 0 Å². The van der Waals surface area contributed by atoms with Crippen molar-refractivity contribution in [1.29, 1.82) is 0 Å². The normalized spacial score (nSPS) is 11.3. The van der Waals surface area contributed by atoms with Gasteiger partial charge in [0.1, 0.15) is 10.8 Å². The molecule has 0 bridgehead atoms. The molecular formula is C19H17F3N4O2S. The Hall–Kier alpha value is -3.01. The Morgan fingerprint density at radius 1 is 1.17 bits per heavy atom. The van der Waals surface area contributed by atoms with Crippen molar-refractivity contribution in [2.45, 2.75) is 30.8 Å². The lowest BCUT2D eigenvalue weighted by Gasteiger charge is -2.15. The minimum Gasteiger partial charge on any atom is -0.361 e. The molecule has 2 heterocycles. The second-order valence-corrected chi connectivity index (χ2v) is 7.03. The van der Waals surface area contributed by atoms with E-state index in [4.69, 9.17) is 4.52 Å². The van der Waals surface area contributed by atoms with Crippen LogP contribution in [0.25, 0.3) is 0 Å². The van der Waals surface area contributed by atoms with Crippen molar-refractivity contribution in [3.63, 3.8) is 0 Å². The highest BCUT2D eigenvalue weighted by Crippen LogP contribution is 2.34. The summed E-state index contributed by atoms with van der Waals surface area (Å²) in [6.45, 7) is 3.62. The predicted molar refractivity (Wildman–Crippen MR) is 102 cm³/mol. The Bertz CT molecular complexity index is 1000. The van der Waals surface area contributed by atoms with Crippen LogP contribution in [-0.2, 0) is 11.9 Å². The molecule has 0 saturated carbocycles. The van der Waals surface area contributed by atoms with Crippen LogP contribution < -0.4 is 10.9 Å². The van der Waals surface area contributed by atoms with Crippen LogP contribution in [-0.4, -0.2) is 16.0 Å². The molecule has 152 valence electrons. The maximum Gasteiger partial charge on any atom is 0.418 e. The SMILES string of the molecule is Cc1noc(C)c1CSc1ncccc1C(=O)NNc1ccccc1C(F)(F)F. The molecule has 1 aromatic carbocycles. The molecule has 0 radical (unpaired) electrons. The van der Waals surface area contributed by atoms with Gasteiger partial charge in [0, 0.05) is 17.5 Å². The fourth-order valence-corrected chi connectivity index (χ4v) is 3.70. The molecule has 0 atom stereocenters. The number of nitrogens with one attached hydrogen (secondary N) is 2. The average Bonchev–Trinajstić information content (AvgIpc) is 3.02. The van der Waals surface area contributed by atoms with Crippen molar-refractivity contribution < 1.29 is 22.5 Å². The van der Waals surface area contributed by atoms with Gasteiger partial charge in [0.25, 0.3) is 5.91 Å². The van der Waals surface area contributed by atoms with E-state index in [1.807, 2.05) is 6.92 Å². The van der Waals surface area contributed by atoms with E-state index in [2.05, 4.69) is 21.0 Å². The topological polar surface area (TPSA) is 80.0 Å². The molecule has 0 fully saturated rings. The van der Waals surface area contributed by atoms with E-state index in [9.17, 15) is 18.0 Å². The molecule has 0 aliphatic carbocycles. The largest absolute Gasteiger partial charge is 0.418 e. The van der Waals surface area contributed by atoms with Crippen molar-refractivity contribution in [2.24, 2.45) is 0 Å². The summed E-state index contributed by atoms with van der Waals surface area (Å²) in [7, 11) is 0. The number of rotatable bonds is 6. The molecule has 3 aromatic rings. The van der Waals surface area contributed by atoms with Crippen molar-refractivity contribution >= 4 is 23.4 Å². The van der Waals surface area contributed by atoms with Crippen LogP contribution in [0.1, 0.15) is 32.9 Å². The molecule has 0 aliphatic rings. The molecule has 10 heteroatoms. The summed E-state index contributed by atoms with van der Waals surface area (Å²) in [6, 6.07) is 8.02. The van der Waals surface area contributed by atoms with Crippen LogP contribution in [0.15, 0.2) is 52.1 Å². The van der Waals surface area contributed by atoms with Crippen LogP contribution in [0.2, 0.25) is 0 Å². The minimum atomic E-state index is -4.54. The maximum atomic E-state index is 13.1. The minimum absolute atomic E-state index is 0.237. The molecule has 1 amide bonds. The monoisotopic (exact) mass is 422 g/mol. The number of aryl methyl sites for hydroxylation is 2. The summed E-state index contributed by atoms with van der Waals surface area (Å²) >= 11 is 1.31. The first-order valence-electron chi connectivity index (χ1n) is 8.49. The summed E-state index contributed by atoms with van der Waals surface area (Å²) in [5.41, 5.74) is 5.44. The number of alkyl halides is 3. The van der Waals surface area contributed by atoms with E-state index in [1.54, 1.807) is 25.3 Å². The smallest absolute Gasteiger partial charge is 0.361 e. The van der Waals surface area contributed by atoms with Gasteiger partial charge in [-0.2, -0.15) is 13.2 Å². The number of carbonyl (C=O) groups is 1. The van der Waals surface area contributed by atoms with E-state index in [1.165, 1.54) is 30.0 Å². The highest BCUT2D eigenvalue weighted by molar-refractivity contribution is 7.98. The van der Waals surface area contributed by atoms with Crippen LogP contribution >= 0.6 is 11.8 Å². The Morgan fingerprint density at radius 2 is 1.93 bits per heavy atom. The van der Waals surface area contributed by atoms with Gasteiger partial charge in [-0.25, -0.2) is 4.98 Å². The third kappa shape index (κ3) is 4.89. The van der Waals surface area contributed by atoms with E-state index in [0.717, 1.165) is 17.3 Å². The van der Waals surface area contributed by atoms with Crippen LogP contribution in [0.5, 0.6) is 0 Å². The number of thioether (sulfide) groups is 1. The first-order chi connectivity index (χ1) is 13.8. The summed E-state index contributed by atoms with van der Waals surface area (Å²) in [4.78, 5) is 16.8. The van der Waals surface area contributed by atoms with Gasteiger partial charge < -0.3 is 4.52 Å². The first-order valence-corrected chi connectivity index (χ1v) is 9.48. The lowest BCUT2D eigenvalue weighted by molar-refractivity contribution is -0.137. The first kappa shape index (κ1) is 20.7. The Balaban J connectivity index is 1.73. The molecular weight excluding hydrogens is 405 g/mol. The van der Waals surface area contributed by atoms with Gasteiger partial charge in [0.2, 0.25) is 0 Å². The second-order valence-electron chi connectivity index (χ2n) is 6.07. The van der Waals surface area contributed by atoms with Gasteiger partial charge in [-0.1, -0.05) is 17.3 Å². The molecule has 0 unspecified atom stereocenters. The number of nitrogens with zero attached hydrogens (tertiary/aromatic N) is 2. The number of anilines is 1. The quantitative estimate of drug-likeness (QED) is 0.441. The van der Waals surface area contributed by atoms with E-state index >= 15 is 0 Å². The Morgan fingerprint density at radius 3 is 2.62 bits per heavy atom. The fourth-order valence-electron chi connectivity index (χ4n) is 2.56. The maximum absolute atomic E-state index is 13.1. The Kier molecular flexibility index (Phi) is 6.12. The number of para-hydroxylation sites is 1. The van der Waals surface area contributed by atoms with E-state index < -0.39 is 17.6 Å². The molecule has 0 saturated heterocycles. The van der Waals surface area contributed by atoms with Crippen LogP contribution in [0.3, 0.4) is 0 Å². The number of halogens is 3. The van der Waals surface area contributed by atoms with Gasteiger partial charge in [0.05, 0.1) is 22.5 Å². The molecule has 29 heavy (non-hydrogen) atoms. The molecule has 2 N–H and O–H groups in total. The molecule has 2 aromatic heterocycles. The summed E-state index contributed by atoms with van der Waals surface area (Å²) in [5.74, 6) is 0.571. The second kappa shape index (κ2) is 8.56. The van der Waals surface area contributed by atoms with Gasteiger partial charge in [-0.05, 0) is 38.1 Å². The van der Waals surface area contributed by atoms with E-state index in [-0.39, 0.29) is 11.3 Å². The number of hydrogen-bond donors (Lipinski definition) is 2. The standard InChI is InChI=1S/C19H17F3N4O2S/c1-11-14(12(2)28-26-11)10-29-18-13(6-5-9-23-18)17(27)25-24-16-8-4-3-7-15(16)19(20,21)22/h3-9,24H,10H2,1-2H3,(H,25,27). The highest BCUT2D eigenvalue weighted by Gasteiger charge is 2.33. The third-order valence-electron chi connectivity index (χ3n) is 4.09. The number of hydrazine groups is 1. The number of carbonyl (C=O) groups excluding carboxylic acids is 1. The number of aromatic nitrogens is 2. The molecule has 0 aliphatic heterocycles. The van der Waals surface area contributed by atoms with Crippen LogP contribution in [0.4, 0.5) is 18.9 Å². The van der Waals surface area contributed by atoms with Gasteiger partial charge in [-0.3, -0.25) is 15.6 Å². The number of hydrogen-bond acceptors (Lipinski definition) is 6. The average molecular weight is 422 g/mol. The van der Waals surface area contributed by atoms with Crippen molar-refractivity contribution in [1.82, 2.24) is 15.6 Å². The summed E-state index contributed by atoms with van der Waals surface area (Å²) in [5, 5.41) is 4.33. The predicted octanol–water partition coefficient (Wildman–Crippen LogP) is 4.75. The van der Waals surface area contributed by atoms with Crippen LogP contribution in [0, 0.1) is 13.8 Å². The van der Waals surface area contributed by atoms with Gasteiger partial charge >= 0.3 is 6.18 Å². The third-order valence-corrected chi connectivity index (χ3v) is 5.13. The zero-order valence-corrected chi connectivity index (χ0v) is 16.3. The lowest BCUT2D eigenvalue weighted by Crippen LogP contribution is -2.31. The van der Waals surface area contributed by atoms with E-state index in [0.29, 0.717) is 16.5 Å². The van der Waals surface area contributed by atoms with Crippen molar-refractivity contribution in [3.8, 4) is 0 Å². The zero-order chi connectivity index (χ0) is 21.0. The van der Waals surface area contributed by atoms with Crippen molar-refractivity contribution in [2.75, 3.05) is 5.43 Å². The van der Waals surface area contributed by atoms with Crippen molar-refractivity contribution in [3.05, 3.63) is 70.7 Å².